The molecular formula is C7H13NO3. The zero-order chi connectivity index (χ0) is 8.43. The highest BCUT2D eigenvalue weighted by atomic mass is 16.6. The van der Waals surface area contributed by atoms with Crippen LogP contribution in [-0.2, 0) is 4.74 Å². The molecule has 0 spiro atoms. The Bertz CT molecular complexity index is 158. The largest absolute Gasteiger partial charge is 0.445 e. The lowest BCUT2D eigenvalue weighted by Gasteiger charge is -2.13. The predicted octanol–water partition coefficient (Wildman–Crippen LogP) is 0.208. The van der Waals surface area contributed by atoms with Crippen molar-refractivity contribution in [3.05, 3.63) is 0 Å². The van der Waals surface area contributed by atoms with Crippen molar-refractivity contribution < 1.29 is 14.6 Å². The van der Waals surface area contributed by atoms with E-state index in [9.17, 15) is 4.79 Å². The van der Waals surface area contributed by atoms with Gasteiger partial charge >= 0.3 is 6.09 Å². The Labute approximate surface area is 65.8 Å². The summed E-state index contributed by atoms with van der Waals surface area (Å²) < 4.78 is 4.85. The van der Waals surface area contributed by atoms with Gasteiger partial charge in [0.2, 0.25) is 0 Å². The van der Waals surface area contributed by atoms with Gasteiger partial charge in [-0.05, 0) is 13.8 Å². The molecule has 1 saturated heterocycles. The third-order valence-corrected chi connectivity index (χ3v) is 1.52. The minimum atomic E-state index is -0.479. The third kappa shape index (κ3) is 2.08. The van der Waals surface area contributed by atoms with Gasteiger partial charge in [-0.3, -0.25) is 0 Å². The Morgan fingerprint density at radius 2 is 2.55 bits per heavy atom. The number of hydrogen-bond acceptors (Lipinski definition) is 3. The second kappa shape index (κ2) is 3.09. The normalized spacial score (nSPS) is 27.0. The van der Waals surface area contributed by atoms with E-state index in [0.29, 0.717) is 13.1 Å². The molecule has 0 aromatic rings. The average molecular weight is 159 g/mol. The van der Waals surface area contributed by atoms with E-state index in [0.717, 1.165) is 0 Å². The molecule has 4 heteroatoms. The van der Waals surface area contributed by atoms with Gasteiger partial charge in [-0.15, -0.1) is 0 Å². The highest BCUT2D eigenvalue weighted by Crippen LogP contribution is 2.10. The molecule has 0 radical (unpaired) electrons. The Morgan fingerprint density at radius 3 is 2.91 bits per heavy atom. The van der Waals surface area contributed by atoms with Crippen molar-refractivity contribution in [2.45, 2.75) is 26.1 Å². The van der Waals surface area contributed by atoms with Crippen LogP contribution in [0.5, 0.6) is 0 Å². The number of nitrogens with zero attached hydrogens (tertiary/aromatic N) is 1. The predicted molar refractivity (Wildman–Crippen MR) is 39.2 cm³/mol. The lowest BCUT2D eigenvalue weighted by Crippen LogP contribution is -2.31. The summed E-state index contributed by atoms with van der Waals surface area (Å²) >= 11 is 0. The molecule has 0 aromatic heterocycles. The van der Waals surface area contributed by atoms with Crippen LogP contribution < -0.4 is 0 Å². The zero-order valence-electron chi connectivity index (χ0n) is 6.78. The van der Waals surface area contributed by atoms with Gasteiger partial charge in [-0.25, -0.2) is 4.79 Å². The van der Waals surface area contributed by atoms with E-state index in [-0.39, 0.29) is 12.2 Å². The number of amides is 1. The fraction of sp³-hybridized carbons (Fsp3) is 0.857. The molecule has 0 aliphatic carbocycles. The fourth-order valence-corrected chi connectivity index (χ4v) is 1.14. The second-order valence-electron chi connectivity index (χ2n) is 2.95. The van der Waals surface area contributed by atoms with Crippen molar-refractivity contribution in [3.63, 3.8) is 0 Å². The van der Waals surface area contributed by atoms with Crippen molar-refractivity contribution >= 4 is 6.09 Å². The molecular weight excluding hydrogens is 146 g/mol. The first kappa shape index (κ1) is 8.33. The first-order chi connectivity index (χ1) is 5.09. The van der Waals surface area contributed by atoms with E-state index in [1.54, 1.807) is 6.92 Å². The molecule has 64 valence electrons. The Balaban J connectivity index is 2.41. The highest BCUT2D eigenvalue weighted by Gasteiger charge is 2.28. The van der Waals surface area contributed by atoms with E-state index in [1.807, 2.05) is 6.92 Å². The molecule has 0 saturated carbocycles. The van der Waals surface area contributed by atoms with Crippen LogP contribution in [0, 0.1) is 0 Å². The van der Waals surface area contributed by atoms with Crippen LogP contribution in [0.3, 0.4) is 0 Å². The topological polar surface area (TPSA) is 49.8 Å². The molecule has 1 fully saturated rings. The van der Waals surface area contributed by atoms with E-state index in [4.69, 9.17) is 9.84 Å². The highest BCUT2D eigenvalue weighted by molar-refractivity contribution is 5.69. The summed E-state index contributed by atoms with van der Waals surface area (Å²) in [4.78, 5) is 12.4. The molecule has 4 nitrogen and oxygen atoms in total. The number of hydrogen-bond donors (Lipinski definition) is 1. The van der Waals surface area contributed by atoms with Crippen LogP contribution in [0.15, 0.2) is 0 Å². The SMILES string of the molecule is CC(O)CN1CC(C)OC1=O. The quantitative estimate of drug-likeness (QED) is 0.626. The van der Waals surface area contributed by atoms with Crippen molar-refractivity contribution in [2.75, 3.05) is 13.1 Å². The average Bonchev–Trinajstić information content (AvgIpc) is 2.09. The minimum absolute atomic E-state index is 0.0405. The number of ether oxygens (including phenoxy) is 1. The molecule has 1 rings (SSSR count). The third-order valence-electron chi connectivity index (χ3n) is 1.52. The summed E-state index contributed by atoms with van der Waals surface area (Å²) in [5, 5.41) is 8.97. The maximum Gasteiger partial charge on any atom is 0.410 e. The molecule has 2 atom stereocenters. The number of carbonyl (C=O) groups excluding carboxylic acids is 1. The Morgan fingerprint density at radius 1 is 1.91 bits per heavy atom. The fourth-order valence-electron chi connectivity index (χ4n) is 1.14. The maximum atomic E-state index is 10.9. The standard InChI is InChI=1S/C7H13NO3/c1-5(9)3-8-4-6(2)11-7(8)10/h5-6,9H,3-4H2,1-2H3. The van der Waals surface area contributed by atoms with E-state index in [2.05, 4.69) is 0 Å². The second-order valence-corrected chi connectivity index (χ2v) is 2.95. The minimum Gasteiger partial charge on any atom is -0.445 e. The lowest BCUT2D eigenvalue weighted by molar-refractivity contribution is 0.121. The van der Waals surface area contributed by atoms with Crippen LogP contribution in [0.4, 0.5) is 4.79 Å². The van der Waals surface area contributed by atoms with E-state index >= 15 is 0 Å². The van der Waals surface area contributed by atoms with Crippen LogP contribution in [0.2, 0.25) is 0 Å². The van der Waals surface area contributed by atoms with E-state index in [1.165, 1.54) is 4.90 Å². The molecule has 1 N–H and O–H groups in total. The molecule has 0 bridgehead atoms. The Hall–Kier alpha value is -0.770. The summed E-state index contributed by atoms with van der Waals surface area (Å²) in [5.74, 6) is 0. The van der Waals surface area contributed by atoms with Crippen molar-refractivity contribution in [3.8, 4) is 0 Å². The molecule has 1 aliphatic heterocycles. The summed E-state index contributed by atoms with van der Waals surface area (Å²) in [6.45, 7) is 4.43. The van der Waals surface area contributed by atoms with Gasteiger partial charge in [-0.1, -0.05) is 0 Å². The van der Waals surface area contributed by atoms with Crippen molar-refractivity contribution in [1.29, 1.82) is 0 Å². The van der Waals surface area contributed by atoms with Crippen molar-refractivity contribution in [1.82, 2.24) is 4.90 Å². The summed E-state index contributed by atoms with van der Waals surface area (Å²) in [6, 6.07) is 0. The zero-order valence-corrected chi connectivity index (χ0v) is 6.78. The molecule has 11 heavy (non-hydrogen) atoms. The lowest BCUT2D eigenvalue weighted by atomic mass is 10.3. The van der Waals surface area contributed by atoms with Gasteiger partial charge in [0, 0.05) is 6.54 Å². The number of aliphatic hydroxyl groups is 1. The summed E-state index contributed by atoms with van der Waals surface area (Å²) in [6.07, 6.45) is -0.840. The van der Waals surface area contributed by atoms with Crippen molar-refractivity contribution in [2.24, 2.45) is 0 Å². The molecule has 1 heterocycles. The maximum absolute atomic E-state index is 10.9. The van der Waals surface area contributed by atoms with Gasteiger partial charge in [-0.2, -0.15) is 0 Å². The van der Waals surface area contributed by atoms with Gasteiger partial charge < -0.3 is 14.7 Å². The number of carbonyl (C=O) groups is 1. The van der Waals surface area contributed by atoms with Crippen LogP contribution in [-0.4, -0.2) is 41.4 Å². The number of rotatable bonds is 2. The van der Waals surface area contributed by atoms with Crippen LogP contribution in [0.1, 0.15) is 13.8 Å². The van der Waals surface area contributed by atoms with E-state index < -0.39 is 6.10 Å². The van der Waals surface area contributed by atoms with Gasteiger partial charge in [0.1, 0.15) is 6.10 Å². The first-order valence-electron chi connectivity index (χ1n) is 3.73. The first-order valence-corrected chi connectivity index (χ1v) is 3.73. The monoisotopic (exact) mass is 159 g/mol. The van der Waals surface area contributed by atoms with Gasteiger partial charge in [0.15, 0.2) is 0 Å². The molecule has 1 aliphatic rings. The Kier molecular flexibility index (Phi) is 2.34. The van der Waals surface area contributed by atoms with Gasteiger partial charge in [0.05, 0.1) is 12.6 Å². The van der Waals surface area contributed by atoms with Crippen LogP contribution >= 0.6 is 0 Å². The molecule has 0 aromatic carbocycles. The summed E-state index contributed by atoms with van der Waals surface area (Å²) in [5.41, 5.74) is 0. The smallest absolute Gasteiger partial charge is 0.410 e. The number of aliphatic hydroxyl groups excluding tert-OH is 1. The number of β-amino-alcohol motifs (C(OH)–C–C–N with tert-alkyl or cyclic N) is 1. The van der Waals surface area contributed by atoms with Crippen LogP contribution in [0.25, 0.3) is 0 Å². The molecule has 2 unspecified atom stereocenters. The molecule has 1 amide bonds. The summed E-state index contributed by atoms with van der Waals surface area (Å²) in [7, 11) is 0. The number of cyclic esters (lactones) is 1. The van der Waals surface area contributed by atoms with Gasteiger partial charge in [0.25, 0.3) is 0 Å².